The van der Waals surface area contributed by atoms with Crippen LogP contribution in [0.5, 0.6) is 5.75 Å². The molecule has 1 aliphatic rings. The van der Waals surface area contributed by atoms with Crippen LogP contribution in [0.3, 0.4) is 0 Å². The van der Waals surface area contributed by atoms with Crippen LogP contribution in [0, 0.1) is 13.8 Å². The Balaban J connectivity index is 2.10. The van der Waals surface area contributed by atoms with Gasteiger partial charge in [0.05, 0.1) is 6.61 Å². The van der Waals surface area contributed by atoms with Gasteiger partial charge in [-0.3, -0.25) is 0 Å². The molecule has 0 saturated carbocycles. The van der Waals surface area contributed by atoms with Crippen LogP contribution in [0.4, 0.5) is 0 Å². The molecule has 0 bridgehead atoms. The first kappa shape index (κ1) is 13.8. The molecule has 1 fully saturated rings. The maximum atomic E-state index is 5.64. The van der Waals surface area contributed by atoms with E-state index in [1.807, 2.05) is 18.9 Å². The van der Waals surface area contributed by atoms with Crippen molar-refractivity contribution in [2.45, 2.75) is 44.9 Å². The monoisotopic (exact) mass is 265 g/mol. The summed E-state index contributed by atoms with van der Waals surface area (Å²) in [7, 11) is 0. The van der Waals surface area contributed by atoms with Gasteiger partial charge in [-0.15, -0.1) is 0 Å². The van der Waals surface area contributed by atoms with Gasteiger partial charge in [-0.2, -0.15) is 0 Å². The molecule has 100 valence electrons. The fourth-order valence-electron chi connectivity index (χ4n) is 2.27. The Morgan fingerprint density at radius 1 is 1.11 bits per heavy atom. The van der Waals surface area contributed by atoms with Gasteiger partial charge in [0.1, 0.15) is 5.75 Å². The fourth-order valence-corrected chi connectivity index (χ4v) is 3.42. The lowest BCUT2D eigenvalue weighted by atomic mass is 10.1. The quantitative estimate of drug-likeness (QED) is 0.757. The molecular formula is C15H23NOS. The van der Waals surface area contributed by atoms with Crippen molar-refractivity contribution in [2.75, 3.05) is 19.7 Å². The van der Waals surface area contributed by atoms with E-state index in [4.69, 9.17) is 4.74 Å². The van der Waals surface area contributed by atoms with Crippen molar-refractivity contribution in [1.29, 1.82) is 0 Å². The van der Waals surface area contributed by atoms with Crippen molar-refractivity contribution in [1.82, 2.24) is 4.31 Å². The van der Waals surface area contributed by atoms with E-state index < -0.39 is 0 Å². The van der Waals surface area contributed by atoms with Crippen molar-refractivity contribution >= 4 is 11.9 Å². The maximum Gasteiger partial charge on any atom is 0.122 e. The van der Waals surface area contributed by atoms with Crippen LogP contribution < -0.4 is 4.74 Å². The summed E-state index contributed by atoms with van der Waals surface area (Å²) in [6, 6.07) is 4.44. The van der Waals surface area contributed by atoms with Crippen LogP contribution >= 0.6 is 11.9 Å². The molecule has 0 atom stereocenters. The zero-order chi connectivity index (χ0) is 13.0. The molecule has 0 aliphatic carbocycles. The largest absolute Gasteiger partial charge is 0.494 e. The molecule has 1 aliphatic heterocycles. The van der Waals surface area contributed by atoms with Crippen LogP contribution in [-0.4, -0.2) is 24.0 Å². The molecule has 0 N–H and O–H groups in total. The average molecular weight is 265 g/mol. The smallest absolute Gasteiger partial charge is 0.122 e. The predicted molar refractivity (Wildman–Crippen MR) is 78.4 cm³/mol. The van der Waals surface area contributed by atoms with Gasteiger partial charge in [0.2, 0.25) is 0 Å². The Labute approximate surface area is 115 Å². The average Bonchev–Trinajstić information content (AvgIpc) is 2.37. The highest BCUT2D eigenvalue weighted by molar-refractivity contribution is 7.97. The van der Waals surface area contributed by atoms with Crippen molar-refractivity contribution in [2.24, 2.45) is 0 Å². The SMILES string of the molecule is CCOc1cc(C)c(SN2CCCCC2)cc1C. The molecule has 1 aromatic rings. The Kier molecular flexibility index (Phi) is 4.95. The van der Waals surface area contributed by atoms with E-state index in [9.17, 15) is 0 Å². The van der Waals surface area contributed by atoms with E-state index in [1.165, 1.54) is 48.4 Å². The number of rotatable bonds is 4. The highest BCUT2D eigenvalue weighted by atomic mass is 32.2. The number of nitrogens with zero attached hydrogens (tertiary/aromatic N) is 1. The van der Waals surface area contributed by atoms with Gasteiger partial charge in [0, 0.05) is 18.0 Å². The van der Waals surface area contributed by atoms with Crippen molar-refractivity contribution < 1.29 is 4.74 Å². The predicted octanol–water partition coefficient (Wildman–Crippen LogP) is 4.20. The first-order chi connectivity index (χ1) is 8.70. The number of ether oxygens (including phenoxy) is 1. The highest BCUT2D eigenvalue weighted by Gasteiger charge is 2.14. The summed E-state index contributed by atoms with van der Waals surface area (Å²) in [4.78, 5) is 1.37. The molecule has 1 saturated heterocycles. The summed E-state index contributed by atoms with van der Waals surface area (Å²) in [5, 5.41) is 0. The summed E-state index contributed by atoms with van der Waals surface area (Å²) in [6.45, 7) is 9.51. The van der Waals surface area contributed by atoms with Crippen LogP contribution in [0.15, 0.2) is 17.0 Å². The minimum atomic E-state index is 0.735. The zero-order valence-electron chi connectivity index (χ0n) is 11.7. The second-order valence-electron chi connectivity index (χ2n) is 4.90. The van der Waals surface area contributed by atoms with Gasteiger partial charge in [0.25, 0.3) is 0 Å². The number of hydrogen-bond donors (Lipinski definition) is 0. The van der Waals surface area contributed by atoms with E-state index in [-0.39, 0.29) is 0 Å². The highest BCUT2D eigenvalue weighted by Crippen LogP contribution is 2.33. The van der Waals surface area contributed by atoms with Crippen LogP contribution in [0.2, 0.25) is 0 Å². The first-order valence-electron chi connectivity index (χ1n) is 6.87. The third-order valence-corrected chi connectivity index (χ3v) is 4.57. The molecule has 18 heavy (non-hydrogen) atoms. The van der Waals surface area contributed by atoms with E-state index >= 15 is 0 Å². The molecule has 0 radical (unpaired) electrons. The summed E-state index contributed by atoms with van der Waals surface area (Å²) >= 11 is 1.91. The molecule has 2 nitrogen and oxygen atoms in total. The Bertz CT molecular complexity index is 400. The molecule has 1 aromatic carbocycles. The second-order valence-corrected chi connectivity index (χ2v) is 6.04. The number of benzene rings is 1. The maximum absolute atomic E-state index is 5.64. The van der Waals surface area contributed by atoms with Crippen molar-refractivity contribution in [3.63, 3.8) is 0 Å². The molecule has 0 amide bonds. The second kappa shape index (κ2) is 6.48. The van der Waals surface area contributed by atoms with Crippen LogP contribution in [0.1, 0.15) is 37.3 Å². The standard InChI is InChI=1S/C15H23NOS/c1-4-17-14-10-13(3)15(11-12(14)2)18-16-8-6-5-7-9-16/h10-11H,4-9H2,1-3H3. The molecule has 0 aromatic heterocycles. The summed E-state index contributed by atoms with van der Waals surface area (Å²) in [5.41, 5.74) is 2.56. The van der Waals surface area contributed by atoms with Crippen molar-refractivity contribution in [3.05, 3.63) is 23.3 Å². The van der Waals surface area contributed by atoms with Gasteiger partial charge in [-0.05, 0) is 68.8 Å². The number of aryl methyl sites for hydroxylation is 2. The first-order valence-corrected chi connectivity index (χ1v) is 7.65. The lowest BCUT2D eigenvalue weighted by molar-refractivity contribution is 0.337. The van der Waals surface area contributed by atoms with E-state index in [2.05, 4.69) is 30.3 Å². The van der Waals surface area contributed by atoms with Gasteiger partial charge in [-0.1, -0.05) is 6.42 Å². The normalized spacial score (nSPS) is 16.8. The fraction of sp³-hybridized carbons (Fsp3) is 0.600. The summed E-state index contributed by atoms with van der Waals surface area (Å²) < 4.78 is 8.13. The summed E-state index contributed by atoms with van der Waals surface area (Å²) in [5.74, 6) is 1.03. The lowest BCUT2D eigenvalue weighted by Gasteiger charge is -2.26. The van der Waals surface area contributed by atoms with Gasteiger partial charge < -0.3 is 4.74 Å². The Morgan fingerprint density at radius 3 is 2.50 bits per heavy atom. The van der Waals surface area contributed by atoms with Crippen LogP contribution in [-0.2, 0) is 0 Å². The molecule has 2 rings (SSSR count). The van der Waals surface area contributed by atoms with E-state index in [0.29, 0.717) is 0 Å². The third-order valence-electron chi connectivity index (χ3n) is 3.31. The van der Waals surface area contributed by atoms with Gasteiger partial charge in [-0.25, -0.2) is 4.31 Å². The number of piperidine rings is 1. The zero-order valence-corrected chi connectivity index (χ0v) is 12.5. The van der Waals surface area contributed by atoms with Crippen LogP contribution in [0.25, 0.3) is 0 Å². The topological polar surface area (TPSA) is 12.5 Å². The molecule has 0 unspecified atom stereocenters. The lowest BCUT2D eigenvalue weighted by Crippen LogP contribution is -2.22. The van der Waals surface area contributed by atoms with Gasteiger partial charge >= 0.3 is 0 Å². The Morgan fingerprint density at radius 2 is 1.83 bits per heavy atom. The Hall–Kier alpha value is -0.670. The third kappa shape index (κ3) is 3.42. The minimum absolute atomic E-state index is 0.735. The van der Waals surface area contributed by atoms with E-state index in [1.54, 1.807) is 0 Å². The van der Waals surface area contributed by atoms with E-state index in [0.717, 1.165) is 12.4 Å². The molecule has 0 spiro atoms. The van der Waals surface area contributed by atoms with Gasteiger partial charge in [0.15, 0.2) is 0 Å². The molecule has 1 heterocycles. The number of hydrogen-bond acceptors (Lipinski definition) is 3. The molecular weight excluding hydrogens is 242 g/mol. The van der Waals surface area contributed by atoms with Crippen molar-refractivity contribution in [3.8, 4) is 5.75 Å². The minimum Gasteiger partial charge on any atom is -0.494 e. The molecule has 3 heteroatoms. The summed E-state index contributed by atoms with van der Waals surface area (Å²) in [6.07, 6.45) is 4.06.